The molecule has 1 unspecified atom stereocenters. The van der Waals surface area contributed by atoms with E-state index in [0.717, 1.165) is 25.5 Å². The lowest BCUT2D eigenvalue weighted by molar-refractivity contribution is 0.179. The summed E-state index contributed by atoms with van der Waals surface area (Å²) in [5.41, 5.74) is 4.02. The van der Waals surface area contributed by atoms with Crippen LogP contribution in [-0.4, -0.2) is 38.8 Å². The molecule has 1 aromatic rings. The van der Waals surface area contributed by atoms with Gasteiger partial charge in [-0.1, -0.05) is 23.8 Å². The van der Waals surface area contributed by atoms with E-state index in [-0.39, 0.29) is 6.04 Å². The molecule has 0 spiro atoms. The Morgan fingerprint density at radius 1 is 1.33 bits per heavy atom. The van der Waals surface area contributed by atoms with E-state index in [0.29, 0.717) is 6.61 Å². The molecule has 4 nitrogen and oxygen atoms in total. The first-order valence-corrected chi connectivity index (χ1v) is 7.66. The van der Waals surface area contributed by atoms with E-state index < -0.39 is 0 Å². The van der Waals surface area contributed by atoms with Crippen LogP contribution in [-0.2, 0) is 11.2 Å². The first-order chi connectivity index (χ1) is 10.1. The molecule has 1 rings (SSSR count). The average Bonchev–Trinajstić information content (AvgIpc) is 2.41. The molecule has 118 valence electrons. The van der Waals surface area contributed by atoms with Crippen molar-refractivity contribution in [3.63, 3.8) is 0 Å². The number of aryl methyl sites for hydroxylation is 2. The van der Waals surface area contributed by atoms with Gasteiger partial charge in [-0.05, 0) is 45.2 Å². The topological polar surface area (TPSA) is 45.7 Å². The summed E-state index contributed by atoms with van der Waals surface area (Å²) in [6.45, 7) is 10.7. The van der Waals surface area contributed by atoms with Crippen LogP contribution in [0.25, 0.3) is 0 Å². The second-order valence-corrected chi connectivity index (χ2v) is 5.44. The fourth-order valence-electron chi connectivity index (χ4n) is 2.26. The molecule has 0 aliphatic rings. The second kappa shape index (κ2) is 9.40. The van der Waals surface area contributed by atoms with Crippen LogP contribution < -0.4 is 10.6 Å². The largest absolute Gasteiger partial charge is 0.383 e. The number of aliphatic imine (C=N–C) groups is 1. The molecule has 0 aliphatic carbocycles. The van der Waals surface area contributed by atoms with Gasteiger partial charge in [0, 0.05) is 26.2 Å². The Bertz CT molecular complexity index is 457. The Morgan fingerprint density at radius 3 is 2.71 bits per heavy atom. The Morgan fingerprint density at radius 2 is 2.10 bits per heavy atom. The van der Waals surface area contributed by atoms with Gasteiger partial charge in [0.2, 0.25) is 0 Å². The first-order valence-electron chi connectivity index (χ1n) is 7.66. The number of hydrogen-bond acceptors (Lipinski definition) is 2. The number of guanidine groups is 1. The highest BCUT2D eigenvalue weighted by molar-refractivity contribution is 5.80. The minimum atomic E-state index is 0.244. The van der Waals surface area contributed by atoms with Crippen molar-refractivity contribution in [2.24, 2.45) is 4.99 Å². The summed E-state index contributed by atoms with van der Waals surface area (Å²) in [7, 11) is 1.71. The van der Waals surface area contributed by atoms with E-state index in [4.69, 9.17) is 4.74 Å². The lowest BCUT2D eigenvalue weighted by Crippen LogP contribution is -2.44. The van der Waals surface area contributed by atoms with Crippen molar-refractivity contribution in [2.75, 3.05) is 26.8 Å². The number of nitrogens with one attached hydrogen (secondary N) is 2. The second-order valence-electron chi connectivity index (χ2n) is 5.44. The number of hydrogen-bond donors (Lipinski definition) is 2. The highest BCUT2D eigenvalue weighted by atomic mass is 16.5. The number of nitrogens with zero attached hydrogens (tertiary/aromatic N) is 1. The van der Waals surface area contributed by atoms with Gasteiger partial charge < -0.3 is 15.4 Å². The molecule has 0 bridgehead atoms. The maximum Gasteiger partial charge on any atom is 0.191 e. The van der Waals surface area contributed by atoms with Crippen molar-refractivity contribution in [1.82, 2.24) is 10.6 Å². The van der Waals surface area contributed by atoms with Gasteiger partial charge >= 0.3 is 0 Å². The van der Waals surface area contributed by atoms with E-state index in [1.165, 1.54) is 16.7 Å². The van der Waals surface area contributed by atoms with Gasteiger partial charge in [0.1, 0.15) is 0 Å². The van der Waals surface area contributed by atoms with Crippen LogP contribution in [0, 0.1) is 13.8 Å². The molecule has 1 atom stereocenters. The van der Waals surface area contributed by atoms with E-state index in [1.807, 2.05) is 0 Å². The standard InChI is InChI=1S/C17H29N3O/c1-6-18-17(20-15(4)12-21-5)19-10-9-16-8-7-13(2)11-14(16)3/h7-8,11,15H,6,9-10,12H2,1-5H3,(H2,18,19,20). The van der Waals surface area contributed by atoms with Gasteiger partial charge in [-0.2, -0.15) is 0 Å². The monoisotopic (exact) mass is 291 g/mol. The third-order valence-electron chi connectivity index (χ3n) is 3.29. The van der Waals surface area contributed by atoms with Crippen molar-refractivity contribution >= 4 is 5.96 Å². The van der Waals surface area contributed by atoms with E-state index in [9.17, 15) is 0 Å². The maximum absolute atomic E-state index is 5.14. The lowest BCUT2D eigenvalue weighted by Gasteiger charge is -2.17. The van der Waals surface area contributed by atoms with Crippen LogP contribution in [0.2, 0.25) is 0 Å². The first kappa shape index (κ1) is 17.5. The van der Waals surface area contributed by atoms with Crippen LogP contribution in [0.4, 0.5) is 0 Å². The van der Waals surface area contributed by atoms with Crippen LogP contribution in [0.5, 0.6) is 0 Å². The van der Waals surface area contributed by atoms with Crippen LogP contribution in [0.1, 0.15) is 30.5 Å². The van der Waals surface area contributed by atoms with Crippen LogP contribution in [0.3, 0.4) is 0 Å². The molecular weight excluding hydrogens is 262 g/mol. The zero-order valence-electron chi connectivity index (χ0n) is 14.0. The summed E-state index contributed by atoms with van der Waals surface area (Å²) in [4.78, 5) is 4.63. The normalized spacial score (nSPS) is 13.1. The van der Waals surface area contributed by atoms with Gasteiger partial charge in [-0.15, -0.1) is 0 Å². The summed E-state index contributed by atoms with van der Waals surface area (Å²) in [5.74, 6) is 0.854. The predicted octanol–water partition coefficient (Wildman–Crippen LogP) is 2.44. The Hall–Kier alpha value is -1.55. The Balaban J connectivity index is 2.57. The quantitative estimate of drug-likeness (QED) is 0.599. The summed E-state index contributed by atoms with van der Waals surface area (Å²) < 4.78 is 5.14. The summed E-state index contributed by atoms with van der Waals surface area (Å²) >= 11 is 0. The smallest absolute Gasteiger partial charge is 0.191 e. The predicted molar refractivity (Wildman–Crippen MR) is 90.1 cm³/mol. The minimum Gasteiger partial charge on any atom is -0.383 e. The fraction of sp³-hybridized carbons (Fsp3) is 0.588. The molecule has 0 aromatic heterocycles. The van der Waals surface area contributed by atoms with Crippen molar-refractivity contribution in [2.45, 2.75) is 40.2 Å². The Kier molecular flexibility index (Phi) is 7.83. The number of methoxy groups -OCH3 is 1. The van der Waals surface area contributed by atoms with Crippen molar-refractivity contribution in [3.05, 3.63) is 34.9 Å². The number of benzene rings is 1. The van der Waals surface area contributed by atoms with E-state index in [2.05, 4.69) is 61.5 Å². The minimum absolute atomic E-state index is 0.244. The SMILES string of the molecule is CCNC(=NCCc1ccc(C)cc1C)NC(C)COC. The zero-order valence-corrected chi connectivity index (χ0v) is 14.0. The molecule has 0 saturated carbocycles. The molecule has 0 aliphatic heterocycles. The molecule has 0 radical (unpaired) electrons. The van der Waals surface area contributed by atoms with Gasteiger partial charge in [-0.3, -0.25) is 4.99 Å². The van der Waals surface area contributed by atoms with Crippen LogP contribution in [0.15, 0.2) is 23.2 Å². The molecule has 0 amide bonds. The molecule has 4 heteroatoms. The third kappa shape index (κ3) is 6.63. The summed E-state index contributed by atoms with van der Waals surface area (Å²) in [6, 6.07) is 6.84. The number of ether oxygens (including phenoxy) is 1. The third-order valence-corrected chi connectivity index (χ3v) is 3.29. The lowest BCUT2D eigenvalue weighted by atomic mass is 10.0. The molecule has 0 fully saturated rings. The fourth-order valence-corrected chi connectivity index (χ4v) is 2.26. The average molecular weight is 291 g/mol. The van der Waals surface area contributed by atoms with E-state index in [1.54, 1.807) is 7.11 Å². The van der Waals surface area contributed by atoms with Crippen molar-refractivity contribution < 1.29 is 4.74 Å². The zero-order chi connectivity index (χ0) is 15.7. The molecule has 1 aromatic carbocycles. The van der Waals surface area contributed by atoms with E-state index >= 15 is 0 Å². The Labute approximate surface area is 129 Å². The van der Waals surface area contributed by atoms with Gasteiger partial charge in [0.15, 0.2) is 5.96 Å². The molecule has 2 N–H and O–H groups in total. The maximum atomic E-state index is 5.14. The van der Waals surface area contributed by atoms with Gasteiger partial charge in [0.25, 0.3) is 0 Å². The number of rotatable bonds is 7. The molecule has 0 heterocycles. The van der Waals surface area contributed by atoms with Gasteiger partial charge in [-0.25, -0.2) is 0 Å². The van der Waals surface area contributed by atoms with Crippen molar-refractivity contribution in [1.29, 1.82) is 0 Å². The summed E-state index contributed by atoms with van der Waals surface area (Å²) in [6.07, 6.45) is 0.960. The van der Waals surface area contributed by atoms with Gasteiger partial charge in [0.05, 0.1) is 6.61 Å². The van der Waals surface area contributed by atoms with Crippen molar-refractivity contribution in [3.8, 4) is 0 Å². The van der Waals surface area contributed by atoms with Crippen LogP contribution >= 0.6 is 0 Å². The highest BCUT2D eigenvalue weighted by Crippen LogP contribution is 2.11. The molecule has 21 heavy (non-hydrogen) atoms. The summed E-state index contributed by atoms with van der Waals surface area (Å²) in [5, 5.41) is 6.61. The molecular formula is C17H29N3O. The molecule has 0 saturated heterocycles. The highest BCUT2D eigenvalue weighted by Gasteiger charge is 2.04.